The van der Waals surface area contributed by atoms with Crippen molar-refractivity contribution in [2.75, 3.05) is 7.05 Å². The van der Waals surface area contributed by atoms with Crippen LogP contribution in [0.25, 0.3) is 16.7 Å². The maximum Gasteiger partial charge on any atom is 0.154 e. The molecule has 0 N–H and O–H groups in total. The number of aliphatic imine (C=N–C) groups is 2. The lowest BCUT2D eigenvalue weighted by atomic mass is 10.0. The summed E-state index contributed by atoms with van der Waals surface area (Å²) < 4.78 is 0. The van der Waals surface area contributed by atoms with Gasteiger partial charge in [0.25, 0.3) is 0 Å². The van der Waals surface area contributed by atoms with E-state index in [0.717, 1.165) is 28.2 Å². The normalized spacial score (nSPS) is 13.5. The van der Waals surface area contributed by atoms with Crippen LogP contribution < -0.4 is 0 Å². The molecule has 0 saturated carbocycles. The highest BCUT2D eigenvalue weighted by atomic mass is 14.9. The quantitative estimate of drug-likeness (QED) is 0.248. The molecule has 3 aromatic rings. The van der Waals surface area contributed by atoms with Crippen molar-refractivity contribution in [1.82, 2.24) is 0 Å². The highest BCUT2D eigenvalue weighted by Crippen LogP contribution is 2.21. The minimum Gasteiger partial charge on any atom is -0.270 e. The van der Waals surface area contributed by atoms with Gasteiger partial charge in [-0.05, 0) is 60.8 Å². The Bertz CT molecular complexity index is 1100. The highest BCUT2D eigenvalue weighted by Gasteiger charge is 2.06. The molecule has 30 heavy (non-hydrogen) atoms. The third-order valence-electron chi connectivity index (χ3n) is 5.07. The molecular formula is C28H28N2. The molecule has 0 saturated heterocycles. The predicted octanol–water partition coefficient (Wildman–Crippen LogP) is 7.24. The summed E-state index contributed by atoms with van der Waals surface area (Å²) in [6.45, 7) is 6.20. The van der Waals surface area contributed by atoms with Crippen LogP contribution in [-0.4, -0.2) is 18.6 Å². The van der Waals surface area contributed by atoms with E-state index in [1.165, 1.54) is 16.7 Å². The van der Waals surface area contributed by atoms with Crippen molar-refractivity contribution in [1.29, 1.82) is 0 Å². The Labute approximate surface area is 180 Å². The largest absolute Gasteiger partial charge is 0.270 e. The molecule has 0 unspecified atom stereocenters. The van der Waals surface area contributed by atoms with E-state index in [1.54, 1.807) is 7.05 Å². The number of amidine groups is 1. The summed E-state index contributed by atoms with van der Waals surface area (Å²) in [6, 6.07) is 29.2. The third-order valence-corrected chi connectivity index (χ3v) is 5.07. The van der Waals surface area contributed by atoms with Crippen LogP contribution >= 0.6 is 0 Å². The summed E-state index contributed by atoms with van der Waals surface area (Å²) >= 11 is 0. The second-order valence-corrected chi connectivity index (χ2v) is 7.13. The number of benzene rings is 3. The van der Waals surface area contributed by atoms with Crippen LogP contribution in [0.3, 0.4) is 0 Å². The fraction of sp³-hybridized carbons (Fsp3) is 0.143. The Morgan fingerprint density at radius 1 is 0.733 bits per heavy atom. The molecule has 150 valence electrons. The standard InChI is InChI=1S/C28H28N2/c1-5-23(24-13-8-6-9-14-24)19-21(2)22(3)30-28(29-4)27-18-12-17-26(20-27)25-15-10-7-11-16-25/h5-20H,1-4H3/b21-19+,23-5+,29-28-,30-22+. The summed E-state index contributed by atoms with van der Waals surface area (Å²) in [5.41, 5.74) is 7.82. The van der Waals surface area contributed by atoms with E-state index in [-0.39, 0.29) is 0 Å². The zero-order chi connectivity index (χ0) is 21.3. The van der Waals surface area contributed by atoms with Gasteiger partial charge < -0.3 is 0 Å². The van der Waals surface area contributed by atoms with Gasteiger partial charge in [-0.25, -0.2) is 4.99 Å². The van der Waals surface area contributed by atoms with Crippen LogP contribution in [0.2, 0.25) is 0 Å². The minimum absolute atomic E-state index is 0.736. The van der Waals surface area contributed by atoms with E-state index in [2.05, 4.69) is 104 Å². The molecule has 0 bridgehead atoms. The van der Waals surface area contributed by atoms with Crippen molar-refractivity contribution in [3.63, 3.8) is 0 Å². The maximum absolute atomic E-state index is 4.85. The monoisotopic (exact) mass is 392 g/mol. The van der Waals surface area contributed by atoms with Gasteiger partial charge in [-0.2, -0.15) is 0 Å². The average molecular weight is 393 g/mol. The molecule has 2 nitrogen and oxygen atoms in total. The van der Waals surface area contributed by atoms with E-state index >= 15 is 0 Å². The van der Waals surface area contributed by atoms with Gasteiger partial charge >= 0.3 is 0 Å². The molecule has 0 fully saturated rings. The van der Waals surface area contributed by atoms with E-state index in [1.807, 2.05) is 19.1 Å². The van der Waals surface area contributed by atoms with Crippen LogP contribution in [0.1, 0.15) is 31.9 Å². The second kappa shape index (κ2) is 10.3. The minimum atomic E-state index is 0.736. The van der Waals surface area contributed by atoms with Crippen LogP contribution in [0.5, 0.6) is 0 Å². The number of rotatable bonds is 5. The molecular weight excluding hydrogens is 364 g/mol. The molecule has 0 amide bonds. The molecule has 0 spiro atoms. The van der Waals surface area contributed by atoms with Crippen molar-refractivity contribution in [3.05, 3.63) is 114 Å². The third kappa shape index (κ3) is 5.30. The Balaban J connectivity index is 1.89. The number of allylic oxidation sites excluding steroid dienone is 4. The fourth-order valence-electron chi connectivity index (χ4n) is 3.26. The van der Waals surface area contributed by atoms with Crippen molar-refractivity contribution in [2.24, 2.45) is 9.98 Å². The second-order valence-electron chi connectivity index (χ2n) is 7.13. The van der Waals surface area contributed by atoms with E-state index in [0.29, 0.717) is 0 Å². The lowest BCUT2D eigenvalue weighted by molar-refractivity contribution is 1.37. The van der Waals surface area contributed by atoms with Crippen molar-refractivity contribution < 1.29 is 0 Å². The van der Waals surface area contributed by atoms with Gasteiger partial charge in [-0.15, -0.1) is 0 Å². The topological polar surface area (TPSA) is 24.7 Å². The lowest BCUT2D eigenvalue weighted by Gasteiger charge is -2.08. The van der Waals surface area contributed by atoms with Gasteiger partial charge in [0.15, 0.2) is 5.84 Å². The first-order valence-corrected chi connectivity index (χ1v) is 10.2. The predicted molar refractivity (Wildman–Crippen MR) is 131 cm³/mol. The Morgan fingerprint density at radius 2 is 1.33 bits per heavy atom. The summed E-state index contributed by atoms with van der Waals surface area (Å²) in [5.74, 6) is 0.736. The Kier molecular flexibility index (Phi) is 7.29. The first kappa shape index (κ1) is 21.2. The lowest BCUT2D eigenvalue weighted by Crippen LogP contribution is -2.04. The van der Waals surface area contributed by atoms with Crippen molar-refractivity contribution in [3.8, 4) is 11.1 Å². The number of nitrogens with zero attached hydrogens (tertiary/aromatic N) is 2. The first-order valence-electron chi connectivity index (χ1n) is 10.2. The van der Waals surface area contributed by atoms with Gasteiger partial charge in [-0.1, -0.05) is 84.9 Å². The summed E-state index contributed by atoms with van der Waals surface area (Å²) in [7, 11) is 1.79. The molecule has 3 rings (SSSR count). The number of hydrogen-bond acceptors (Lipinski definition) is 1. The average Bonchev–Trinajstić information content (AvgIpc) is 2.81. The van der Waals surface area contributed by atoms with E-state index in [9.17, 15) is 0 Å². The molecule has 0 aliphatic heterocycles. The van der Waals surface area contributed by atoms with Crippen LogP contribution in [-0.2, 0) is 0 Å². The Morgan fingerprint density at radius 3 is 1.97 bits per heavy atom. The SMILES string of the molecule is C\C=C(/C=C(C)/C(C)=N/C(=N\C)c1cccc(-c2ccccc2)c1)c1ccccc1. The van der Waals surface area contributed by atoms with Gasteiger partial charge in [0.2, 0.25) is 0 Å². The fourth-order valence-corrected chi connectivity index (χ4v) is 3.26. The van der Waals surface area contributed by atoms with Gasteiger partial charge in [-0.3, -0.25) is 4.99 Å². The van der Waals surface area contributed by atoms with Gasteiger partial charge in [0.05, 0.1) is 0 Å². The maximum atomic E-state index is 4.85. The molecule has 0 aliphatic carbocycles. The molecule has 2 heteroatoms. The summed E-state index contributed by atoms with van der Waals surface area (Å²) in [4.78, 5) is 9.31. The zero-order valence-electron chi connectivity index (χ0n) is 18.1. The Hall–Kier alpha value is -3.52. The highest BCUT2D eigenvalue weighted by molar-refractivity contribution is 6.12. The van der Waals surface area contributed by atoms with E-state index < -0.39 is 0 Å². The van der Waals surface area contributed by atoms with Crippen LogP contribution in [0, 0.1) is 0 Å². The van der Waals surface area contributed by atoms with Gasteiger partial charge in [0, 0.05) is 18.3 Å². The molecule has 0 atom stereocenters. The summed E-state index contributed by atoms with van der Waals surface area (Å²) in [6.07, 6.45) is 4.31. The first-order chi connectivity index (χ1) is 14.6. The smallest absolute Gasteiger partial charge is 0.154 e. The van der Waals surface area contributed by atoms with Crippen LogP contribution in [0.15, 0.2) is 113 Å². The molecule has 0 aliphatic rings. The van der Waals surface area contributed by atoms with Gasteiger partial charge in [0.1, 0.15) is 0 Å². The molecule has 3 aromatic carbocycles. The van der Waals surface area contributed by atoms with E-state index in [4.69, 9.17) is 4.99 Å². The summed E-state index contributed by atoms with van der Waals surface area (Å²) in [5, 5.41) is 0. The molecule has 0 aromatic heterocycles. The van der Waals surface area contributed by atoms with Crippen LogP contribution in [0.4, 0.5) is 0 Å². The molecule has 0 heterocycles. The van der Waals surface area contributed by atoms with Crippen molar-refractivity contribution >= 4 is 17.1 Å². The van der Waals surface area contributed by atoms with Crippen molar-refractivity contribution in [2.45, 2.75) is 20.8 Å². The zero-order valence-corrected chi connectivity index (χ0v) is 18.1. The number of hydrogen-bond donors (Lipinski definition) is 0. The molecule has 0 radical (unpaired) electrons.